The van der Waals surface area contributed by atoms with Gasteiger partial charge in [-0.25, -0.2) is 0 Å². The molecule has 0 saturated heterocycles. The van der Waals surface area contributed by atoms with Crippen LogP contribution >= 0.6 is 0 Å². The Morgan fingerprint density at radius 2 is 1.94 bits per heavy atom. The van der Waals surface area contributed by atoms with Gasteiger partial charge >= 0.3 is 0 Å². The highest BCUT2D eigenvalue weighted by Gasteiger charge is 2.25. The Hall–Kier alpha value is -0.0400. The van der Waals surface area contributed by atoms with Gasteiger partial charge in [0, 0.05) is 0 Å². The minimum Gasteiger partial charge on any atom is -0.393 e. The predicted molar refractivity (Wildman–Crippen MR) is 70.5 cm³/mol. The van der Waals surface area contributed by atoms with Crippen molar-refractivity contribution in [3.8, 4) is 0 Å². The van der Waals surface area contributed by atoms with E-state index in [1.807, 2.05) is 0 Å². The number of unbranched alkanes of at least 4 members (excludes halogenated alkanes) is 3. The van der Waals surface area contributed by atoms with E-state index in [4.69, 9.17) is 0 Å². The van der Waals surface area contributed by atoms with Crippen molar-refractivity contribution in [1.29, 1.82) is 0 Å². The molecule has 0 bridgehead atoms. The first-order valence-corrected chi connectivity index (χ1v) is 7.46. The molecule has 96 valence electrons. The lowest BCUT2D eigenvalue weighted by atomic mass is 9.77. The quantitative estimate of drug-likeness (QED) is 0.632. The molecule has 0 aromatic carbocycles. The van der Waals surface area contributed by atoms with Gasteiger partial charge in [0.05, 0.1) is 6.10 Å². The highest BCUT2D eigenvalue weighted by molar-refractivity contribution is 4.77. The van der Waals surface area contributed by atoms with E-state index in [1.165, 1.54) is 57.8 Å². The molecule has 1 fully saturated rings. The van der Waals surface area contributed by atoms with Gasteiger partial charge in [-0.3, -0.25) is 0 Å². The normalized spacial score (nSPS) is 27.9. The van der Waals surface area contributed by atoms with Crippen molar-refractivity contribution in [1.82, 2.24) is 0 Å². The van der Waals surface area contributed by atoms with Crippen molar-refractivity contribution in [3.63, 3.8) is 0 Å². The molecule has 0 amide bonds. The van der Waals surface area contributed by atoms with Gasteiger partial charge < -0.3 is 5.11 Å². The molecule has 0 aromatic heterocycles. The number of hydrogen-bond acceptors (Lipinski definition) is 1. The zero-order chi connectivity index (χ0) is 11.8. The molecular formula is C15H30O. The van der Waals surface area contributed by atoms with Gasteiger partial charge in [-0.05, 0) is 31.1 Å². The Morgan fingerprint density at radius 1 is 1.12 bits per heavy atom. The van der Waals surface area contributed by atoms with Crippen LogP contribution in [-0.2, 0) is 0 Å². The summed E-state index contributed by atoms with van der Waals surface area (Å²) in [5, 5.41) is 10.2. The SMILES string of the molecule is CCCCCCC(O)C1CCCC(CC)C1. The summed E-state index contributed by atoms with van der Waals surface area (Å²) in [7, 11) is 0. The topological polar surface area (TPSA) is 20.2 Å². The second-order valence-corrected chi connectivity index (χ2v) is 5.62. The standard InChI is InChI=1S/C15H30O/c1-3-5-6-7-11-15(16)14-10-8-9-13(4-2)12-14/h13-16H,3-12H2,1-2H3. The minimum atomic E-state index is -0.00814. The average Bonchev–Trinajstić information content (AvgIpc) is 2.34. The summed E-state index contributed by atoms with van der Waals surface area (Å²) in [5.74, 6) is 1.50. The molecule has 0 aliphatic heterocycles. The maximum absolute atomic E-state index is 10.2. The van der Waals surface area contributed by atoms with Crippen molar-refractivity contribution in [2.24, 2.45) is 11.8 Å². The molecule has 3 unspecified atom stereocenters. The summed E-state index contributed by atoms with van der Waals surface area (Å²) in [6.45, 7) is 4.53. The summed E-state index contributed by atoms with van der Waals surface area (Å²) in [6, 6.07) is 0. The molecule has 1 N–H and O–H groups in total. The molecule has 1 aliphatic carbocycles. The van der Waals surface area contributed by atoms with Crippen molar-refractivity contribution in [2.75, 3.05) is 0 Å². The van der Waals surface area contributed by atoms with E-state index < -0.39 is 0 Å². The van der Waals surface area contributed by atoms with Gasteiger partial charge in [-0.2, -0.15) is 0 Å². The fourth-order valence-electron chi connectivity index (χ4n) is 3.07. The van der Waals surface area contributed by atoms with Gasteiger partial charge in [0.2, 0.25) is 0 Å². The zero-order valence-corrected chi connectivity index (χ0v) is 11.3. The van der Waals surface area contributed by atoms with Crippen molar-refractivity contribution in [2.45, 2.75) is 84.2 Å². The van der Waals surface area contributed by atoms with E-state index in [0.29, 0.717) is 5.92 Å². The van der Waals surface area contributed by atoms with Crippen LogP contribution in [0.2, 0.25) is 0 Å². The molecule has 1 saturated carbocycles. The number of aliphatic hydroxyl groups is 1. The van der Waals surface area contributed by atoms with Gasteiger partial charge in [0.25, 0.3) is 0 Å². The van der Waals surface area contributed by atoms with Gasteiger partial charge in [0.1, 0.15) is 0 Å². The Labute approximate surface area is 102 Å². The summed E-state index contributed by atoms with van der Waals surface area (Å²) < 4.78 is 0. The number of hydrogen-bond donors (Lipinski definition) is 1. The Bertz CT molecular complexity index is 167. The molecule has 0 heterocycles. The van der Waals surface area contributed by atoms with E-state index in [9.17, 15) is 5.11 Å². The minimum absolute atomic E-state index is 0.00814. The van der Waals surface area contributed by atoms with E-state index in [1.54, 1.807) is 0 Å². The third-order valence-electron chi connectivity index (χ3n) is 4.30. The van der Waals surface area contributed by atoms with Gasteiger partial charge in [-0.1, -0.05) is 58.8 Å². The summed E-state index contributed by atoms with van der Waals surface area (Å²) in [4.78, 5) is 0. The van der Waals surface area contributed by atoms with Gasteiger partial charge in [-0.15, -0.1) is 0 Å². The Kier molecular flexibility index (Phi) is 7.11. The monoisotopic (exact) mass is 226 g/mol. The zero-order valence-electron chi connectivity index (χ0n) is 11.3. The van der Waals surface area contributed by atoms with Crippen molar-refractivity contribution < 1.29 is 5.11 Å². The summed E-state index contributed by atoms with van der Waals surface area (Å²) >= 11 is 0. The molecule has 1 aliphatic rings. The first-order valence-electron chi connectivity index (χ1n) is 7.46. The molecule has 0 aromatic rings. The third kappa shape index (κ3) is 4.86. The van der Waals surface area contributed by atoms with Crippen LogP contribution in [0.15, 0.2) is 0 Å². The lowest BCUT2D eigenvalue weighted by Crippen LogP contribution is -2.26. The van der Waals surface area contributed by atoms with Crippen LogP contribution in [0.25, 0.3) is 0 Å². The van der Waals surface area contributed by atoms with E-state index in [-0.39, 0.29) is 6.10 Å². The smallest absolute Gasteiger partial charge is 0.0568 e. The molecule has 16 heavy (non-hydrogen) atoms. The van der Waals surface area contributed by atoms with Crippen LogP contribution in [-0.4, -0.2) is 11.2 Å². The Morgan fingerprint density at radius 3 is 2.62 bits per heavy atom. The van der Waals surface area contributed by atoms with Gasteiger partial charge in [0.15, 0.2) is 0 Å². The number of rotatable bonds is 7. The molecule has 1 rings (SSSR count). The highest BCUT2D eigenvalue weighted by atomic mass is 16.3. The maximum atomic E-state index is 10.2. The molecule has 1 nitrogen and oxygen atoms in total. The predicted octanol–water partition coefficient (Wildman–Crippen LogP) is 4.53. The third-order valence-corrected chi connectivity index (χ3v) is 4.30. The first kappa shape index (κ1) is 14.0. The van der Waals surface area contributed by atoms with Crippen LogP contribution in [0.5, 0.6) is 0 Å². The Balaban J connectivity index is 2.16. The van der Waals surface area contributed by atoms with E-state index >= 15 is 0 Å². The van der Waals surface area contributed by atoms with Crippen LogP contribution in [0, 0.1) is 11.8 Å². The van der Waals surface area contributed by atoms with Crippen molar-refractivity contribution in [3.05, 3.63) is 0 Å². The lowest BCUT2D eigenvalue weighted by Gasteiger charge is -2.31. The molecule has 0 spiro atoms. The average molecular weight is 226 g/mol. The maximum Gasteiger partial charge on any atom is 0.0568 e. The first-order chi connectivity index (χ1) is 7.77. The second-order valence-electron chi connectivity index (χ2n) is 5.62. The van der Waals surface area contributed by atoms with Crippen molar-refractivity contribution >= 4 is 0 Å². The molecule has 0 radical (unpaired) electrons. The van der Waals surface area contributed by atoms with Crippen LogP contribution in [0.3, 0.4) is 0 Å². The second kappa shape index (κ2) is 8.11. The molecule has 3 atom stereocenters. The fourth-order valence-corrected chi connectivity index (χ4v) is 3.07. The number of aliphatic hydroxyl groups excluding tert-OH is 1. The van der Waals surface area contributed by atoms with Crippen LogP contribution in [0.4, 0.5) is 0 Å². The van der Waals surface area contributed by atoms with Crippen LogP contribution < -0.4 is 0 Å². The summed E-state index contributed by atoms with van der Waals surface area (Å²) in [5.41, 5.74) is 0. The molecule has 1 heteroatoms. The van der Waals surface area contributed by atoms with E-state index in [2.05, 4.69) is 13.8 Å². The summed E-state index contributed by atoms with van der Waals surface area (Å²) in [6.07, 6.45) is 12.8. The largest absolute Gasteiger partial charge is 0.393 e. The fraction of sp³-hybridized carbons (Fsp3) is 1.00. The van der Waals surface area contributed by atoms with Crippen LogP contribution in [0.1, 0.15) is 78.1 Å². The van der Waals surface area contributed by atoms with E-state index in [0.717, 1.165) is 12.3 Å². The lowest BCUT2D eigenvalue weighted by molar-refractivity contribution is 0.0595. The highest BCUT2D eigenvalue weighted by Crippen LogP contribution is 2.34. The molecular weight excluding hydrogens is 196 g/mol.